The summed E-state index contributed by atoms with van der Waals surface area (Å²) in [7, 11) is -4.19. The second-order valence-electron chi connectivity index (χ2n) is 13.1. The second-order valence-corrected chi connectivity index (χ2v) is 15.0. The maximum absolute atomic E-state index is 14.4. The molecule has 2 atom stereocenters. The zero-order chi connectivity index (χ0) is 34.8. The van der Waals surface area contributed by atoms with Crippen molar-refractivity contribution in [3.63, 3.8) is 0 Å². The number of halogens is 3. The Balaban J connectivity index is 1.52. The number of hydrogen-bond acceptors (Lipinski definition) is 8. The van der Waals surface area contributed by atoms with E-state index in [1.165, 1.54) is 42.7 Å². The lowest BCUT2D eigenvalue weighted by molar-refractivity contribution is -0.147. The van der Waals surface area contributed by atoms with E-state index >= 15 is 0 Å². The summed E-state index contributed by atoms with van der Waals surface area (Å²) in [5.41, 5.74) is 1.15. The largest absolute Gasteiger partial charge is 0.481 e. The highest BCUT2D eigenvalue weighted by molar-refractivity contribution is 7.89. The minimum absolute atomic E-state index is 0.0591. The highest BCUT2D eigenvalue weighted by atomic mass is 32.2. The van der Waals surface area contributed by atoms with E-state index in [9.17, 15) is 36.8 Å². The summed E-state index contributed by atoms with van der Waals surface area (Å²) in [5.74, 6) is -2.97. The van der Waals surface area contributed by atoms with E-state index in [1.54, 1.807) is 19.1 Å². The van der Waals surface area contributed by atoms with Gasteiger partial charge < -0.3 is 10.0 Å². The molecule has 5 heterocycles. The van der Waals surface area contributed by atoms with Gasteiger partial charge in [0.2, 0.25) is 15.8 Å². The van der Waals surface area contributed by atoms with Crippen LogP contribution in [0.5, 0.6) is 0 Å². The van der Waals surface area contributed by atoms with E-state index in [0.717, 1.165) is 29.2 Å². The number of carbonyl (C=O) groups is 1. The maximum atomic E-state index is 14.4. The molecule has 4 aromatic rings. The van der Waals surface area contributed by atoms with Gasteiger partial charge in [0, 0.05) is 44.0 Å². The Hall–Kier alpha value is -4.55. The van der Waals surface area contributed by atoms with Crippen LogP contribution >= 0.6 is 0 Å². The number of nitrogens with zero attached hydrogens (tertiary/aromatic N) is 7. The van der Waals surface area contributed by atoms with Crippen molar-refractivity contribution >= 4 is 27.5 Å². The van der Waals surface area contributed by atoms with Crippen LogP contribution in [0.15, 0.2) is 47.6 Å². The Bertz CT molecular complexity index is 2090. The molecule has 0 spiro atoms. The molecule has 6 rings (SSSR count). The van der Waals surface area contributed by atoms with E-state index in [4.69, 9.17) is 0 Å². The third-order valence-electron chi connectivity index (χ3n) is 9.55. The number of carboxylic acids is 1. The van der Waals surface area contributed by atoms with Gasteiger partial charge in [-0.05, 0) is 81.3 Å². The number of aromatic nitrogens is 4. The Morgan fingerprint density at radius 2 is 1.88 bits per heavy atom. The van der Waals surface area contributed by atoms with Crippen LogP contribution in [0.3, 0.4) is 0 Å². The SMILES string of the molecule is Cc1ccc(C(c2ccn3c(C(F)(F)F)nnc3c2C)C(C)(C)C(=O)O)c(CN2C[C@@H]3CCCCN3c3ncc(C#N)cc3S2(=O)=O)c1. The first-order valence-corrected chi connectivity index (χ1v) is 16.9. The van der Waals surface area contributed by atoms with Gasteiger partial charge in [0.25, 0.3) is 0 Å². The highest BCUT2D eigenvalue weighted by Gasteiger charge is 2.44. The first-order valence-electron chi connectivity index (χ1n) is 15.5. The van der Waals surface area contributed by atoms with Crippen LogP contribution in [-0.4, -0.2) is 62.5 Å². The van der Waals surface area contributed by atoms with Crippen LogP contribution in [0.25, 0.3) is 5.65 Å². The van der Waals surface area contributed by atoms with Gasteiger partial charge in [-0.3, -0.25) is 9.20 Å². The fourth-order valence-corrected chi connectivity index (χ4v) is 8.64. The van der Waals surface area contributed by atoms with Crippen LogP contribution in [0.4, 0.5) is 19.0 Å². The van der Waals surface area contributed by atoms with Crippen molar-refractivity contribution in [1.82, 2.24) is 23.9 Å². The average Bonchev–Trinajstić information content (AvgIpc) is 3.45. The van der Waals surface area contributed by atoms with Crippen molar-refractivity contribution in [2.45, 2.75) is 76.5 Å². The third-order valence-corrected chi connectivity index (χ3v) is 11.4. The van der Waals surface area contributed by atoms with Gasteiger partial charge >= 0.3 is 12.1 Å². The van der Waals surface area contributed by atoms with E-state index in [2.05, 4.69) is 15.2 Å². The number of piperidine rings is 1. The lowest BCUT2D eigenvalue weighted by Gasteiger charge is -2.37. The summed E-state index contributed by atoms with van der Waals surface area (Å²) in [6.07, 6.45) is 0.315. The maximum Gasteiger partial charge on any atom is 0.452 e. The van der Waals surface area contributed by atoms with Crippen LogP contribution in [0.2, 0.25) is 0 Å². The van der Waals surface area contributed by atoms with Gasteiger partial charge in [-0.25, -0.2) is 13.4 Å². The standard InChI is InChI=1S/C33H34F3N7O4S/c1-19-8-9-25(27(32(3,4)31(44)45)24-10-12-43-28(20(24)2)39-40-30(43)33(34,35)36)22(13-19)17-41-18-23-7-5-6-11-42(23)29-26(48(41,46)47)14-21(15-37)16-38-29/h8-10,12-14,16,23,27H,5-7,11,17-18H2,1-4H3,(H,44,45)/t23-,27?/m0/s1. The summed E-state index contributed by atoms with van der Waals surface area (Å²) in [5, 5.41) is 27.2. The molecular weight excluding hydrogens is 647 g/mol. The first-order chi connectivity index (χ1) is 22.5. The molecule has 0 bridgehead atoms. The molecule has 0 aliphatic carbocycles. The van der Waals surface area contributed by atoms with Gasteiger partial charge in [0.1, 0.15) is 16.8 Å². The zero-order valence-corrected chi connectivity index (χ0v) is 27.6. The molecule has 1 fully saturated rings. The second kappa shape index (κ2) is 11.9. The summed E-state index contributed by atoms with van der Waals surface area (Å²) in [4.78, 5) is 19.2. The van der Waals surface area contributed by atoms with E-state index in [1.807, 2.05) is 24.0 Å². The molecule has 2 aliphatic heterocycles. The molecule has 1 saturated heterocycles. The Labute approximate surface area is 275 Å². The minimum Gasteiger partial charge on any atom is -0.481 e. The monoisotopic (exact) mass is 681 g/mol. The van der Waals surface area contributed by atoms with Crippen molar-refractivity contribution in [2.75, 3.05) is 18.0 Å². The number of alkyl halides is 3. The van der Waals surface area contributed by atoms with Crippen molar-refractivity contribution in [3.8, 4) is 6.07 Å². The number of aryl methyl sites for hydroxylation is 2. The molecular formula is C33H34F3N7O4S. The predicted molar refractivity (Wildman–Crippen MR) is 169 cm³/mol. The molecule has 0 radical (unpaired) electrons. The predicted octanol–water partition coefficient (Wildman–Crippen LogP) is 5.44. The molecule has 252 valence electrons. The number of carboxylic acid groups (broad SMARTS) is 1. The van der Waals surface area contributed by atoms with Gasteiger partial charge in [0.05, 0.1) is 11.0 Å². The van der Waals surface area contributed by atoms with Crippen molar-refractivity contribution in [2.24, 2.45) is 5.41 Å². The third kappa shape index (κ3) is 5.56. The van der Waals surface area contributed by atoms with Crippen molar-refractivity contribution < 1.29 is 31.5 Å². The van der Waals surface area contributed by atoms with Crippen molar-refractivity contribution in [1.29, 1.82) is 5.26 Å². The highest BCUT2D eigenvalue weighted by Crippen LogP contribution is 2.46. The molecule has 3 aromatic heterocycles. The smallest absolute Gasteiger partial charge is 0.452 e. The van der Waals surface area contributed by atoms with Crippen LogP contribution in [0, 0.1) is 30.6 Å². The van der Waals surface area contributed by atoms with Gasteiger partial charge in [-0.2, -0.15) is 22.7 Å². The number of hydrogen-bond donors (Lipinski definition) is 1. The number of anilines is 1. The number of pyridine rings is 2. The number of benzene rings is 1. The lowest BCUT2D eigenvalue weighted by atomic mass is 9.69. The molecule has 1 aromatic carbocycles. The number of fused-ring (bicyclic) bond motifs is 4. The minimum atomic E-state index is -4.76. The molecule has 11 nitrogen and oxygen atoms in total. The Morgan fingerprint density at radius 1 is 1.12 bits per heavy atom. The van der Waals surface area contributed by atoms with Crippen LogP contribution in [-0.2, 0) is 27.5 Å². The summed E-state index contributed by atoms with van der Waals surface area (Å²) in [6.45, 7) is 7.13. The molecule has 15 heteroatoms. The molecule has 1 N–H and O–H groups in total. The Morgan fingerprint density at radius 3 is 2.56 bits per heavy atom. The number of sulfonamides is 1. The van der Waals surface area contributed by atoms with E-state index < -0.39 is 39.3 Å². The quantitative estimate of drug-likeness (QED) is 0.281. The van der Waals surface area contributed by atoms with Crippen LogP contribution < -0.4 is 4.90 Å². The van der Waals surface area contributed by atoms with Crippen molar-refractivity contribution in [3.05, 3.63) is 81.9 Å². The van der Waals surface area contributed by atoms with E-state index in [-0.39, 0.29) is 35.2 Å². The van der Waals surface area contributed by atoms with Gasteiger partial charge in [-0.1, -0.05) is 23.8 Å². The molecule has 1 unspecified atom stereocenters. The summed E-state index contributed by atoms with van der Waals surface area (Å²) in [6, 6.07) is 9.99. The topological polar surface area (TPSA) is 145 Å². The molecule has 0 amide bonds. The Kier molecular flexibility index (Phi) is 8.23. The van der Waals surface area contributed by atoms with Gasteiger partial charge in [0.15, 0.2) is 5.65 Å². The number of nitriles is 1. The molecule has 2 aliphatic rings. The fourth-order valence-electron chi connectivity index (χ4n) is 7.01. The number of aliphatic carboxylic acids is 1. The fraction of sp³-hybridized carbons (Fsp3) is 0.424. The van der Waals surface area contributed by atoms with Gasteiger partial charge in [-0.15, -0.1) is 10.2 Å². The van der Waals surface area contributed by atoms with Crippen LogP contribution in [0.1, 0.15) is 78.2 Å². The lowest BCUT2D eigenvalue weighted by Crippen LogP contribution is -2.45. The summed E-state index contributed by atoms with van der Waals surface area (Å²) >= 11 is 0. The average molecular weight is 682 g/mol. The summed E-state index contributed by atoms with van der Waals surface area (Å²) < 4.78 is 72.0. The van der Waals surface area contributed by atoms with E-state index in [0.29, 0.717) is 34.6 Å². The first kappa shape index (κ1) is 33.4. The molecule has 0 saturated carbocycles. The zero-order valence-electron chi connectivity index (χ0n) is 26.8. The normalized spacial score (nSPS) is 18.9. The number of rotatable bonds is 6. The molecule has 48 heavy (non-hydrogen) atoms.